The lowest BCUT2D eigenvalue weighted by Crippen LogP contribution is -2.41. The third-order valence-electron chi connectivity index (χ3n) is 4.30. The first kappa shape index (κ1) is 14.6. The van der Waals surface area contributed by atoms with E-state index in [-0.39, 0.29) is 12.5 Å². The van der Waals surface area contributed by atoms with Crippen molar-refractivity contribution in [2.24, 2.45) is 11.8 Å². The van der Waals surface area contributed by atoms with Crippen molar-refractivity contribution >= 4 is 5.95 Å². The van der Waals surface area contributed by atoms with Gasteiger partial charge < -0.3 is 14.7 Å². The Morgan fingerprint density at radius 2 is 1.86 bits per heavy atom. The van der Waals surface area contributed by atoms with E-state index in [1.807, 2.05) is 4.90 Å². The van der Waals surface area contributed by atoms with Gasteiger partial charge in [-0.3, -0.25) is 4.90 Å². The van der Waals surface area contributed by atoms with Gasteiger partial charge in [-0.15, -0.1) is 0 Å². The van der Waals surface area contributed by atoms with Crippen LogP contribution < -0.4 is 4.90 Å². The van der Waals surface area contributed by atoms with Crippen molar-refractivity contribution in [3.05, 3.63) is 18.2 Å². The highest BCUT2D eigenvalue weighted by Crippen LogP contribution is 2.27. The van der Waals surface area contributed by atoms with E-state index in [0.717, 1.165) is 45.9 Å². The zero-order valence-electron chi connectivity index (χ0n) is 12.0. The molecule has 3 rings (SSSR count). The maximum Gasteiger partial charge on any atom is 0.225 e. The van der Waals surface area contributed by atoms with Gasteiger partial charge in [-0.25, -0.2) is 14.4 Å². The van der Waals surface area contributed by atoms with E-state index >= 15 is 0 Å². The van der Waals surface area contributed by atoms with Crippen molar-refractivity contribution in [3.8, 4) is 0 Å². The van der Waals surface area contributed by atoms with Gasteiger partial charge in [-0.2, -0.15) is 0 Å². The minimum atomic E-state index is -0.429. The average molecular weight is 296 g/mol. The Kier molecular flexibility index (Phi) is 4.62. The normalized spacial score (nSPS) is 27.2. The second kappa shape index (κ2) is 6.64. The van der Waals surface area contributed by atoms with Crippen LogP contribution in [-0.2, 0) is 4.74 Å². The molecular formula is C14H21FN4O2. The molecule has 2 aliphatic rings. The molecule has 0 radical (unpaired) electrons. The lowest BCUT2D eigenvalue weighted by molar-refractivity contribution is 0.0268. The Morgan fingerprint density at radius 3 is 2.52 bits per heavy atom. The van der Waals surface area contributed by atoms with E-state index in [1.54, 1.807) is 0 Å². The van der Waals surface area contributed by atoms with E-state index in [0.29, 0.717) is 11.9 Å². The van der Waals surface area contributed by atoms with E-state index in [1.165, 1.54) is 12.4 Å². The van der Waals surface area contributed by atoms with Gasteiger partial charge in [-0.05, 0) is 5.92 Å². The summed E-state index contributed by atoms with van der Waals surface area (Å²) in [5, 5.41) is 9.60. The highest BCUT2D eigenvalue weighted by Gasteiger charge is 2.34. The zero-order valence-corrected chi connectivity index (χ0v) is 12.0. The number of morpholine rings is 1. The lowest BCUT2D eigenvalue weighted by atomic mass is 9.96. The van der Waals surface area contributed by atoms with Crippen molar-refractivity contribution < 1.29 is 14.2 Å². The van der Waals surface area contributed by atoms with E-state index < -0.39 is 5.82 Å². The van der Waals surface area contributed by atoms with Gasteiger partial charge in [0.25, 0.3) is 0 Å². The molecule has 1 aromatic rings. The summed E-state index contributed by atoms with van der Waals surface area (Å²) >= 11 is 0. The van der Waals surface area contributed by atoms with Gasteiger partial charge >= 0.3 is 0 Å². The summed E-state index contributed by atoms with van der Waals surface area (Å²) in [5.74, 6) is 0.698. The number of rotatable bonds is 4. The van der Waals surface area contributed by atoms with E-state index in [9.17, 15) is 9.50 Å². The largest absolute Gasteiger partial charge is 0.396 e. The van der Waals surface area contributed by atoms with Crippen LogP contribution >= 0.6 is 0 Å². The number of aliphatic hydroxyl groups is 1. The molecule has 2 aliphatic heterocycles. The third-order valence-corrected chi connectivity index (χ3v) is 4.30. The molecule has 21 heavy (non-hydrogen) atoms. The van der Waals surface area contributed by atoms with Crippen molar-refractivity contribution in [2.45, 2.75) is 0 Å². The molecular weight excluding hydrogens is 275 g/mol. The van der Waals surface area contributed by atoms with Crippen LogP contribution in [0.1, 0.15) is 0 Å². The number of aliphatic hydroxyl groups excluding tert-OH is 1. The maximum absolute atomic E-state index is 12.9. The molecule has 1 aromatic heterocycles. The van der Waals surface area contributed by atoms with E-state index in [4.69, 9.17) is 4.74 Å². The Hall–Kier alpha value is -1.31. The van der Waals surface area contributed by atoms with Crippen LogP contribution in [-0.4, -0.2) is 72.5 Å². The van der Waals surface area contributed by atoms with Crippen LogP contribution in [0.15, 0.2) is 12.4 Å². The fourth-order valence-corrected chi connectivity index (χ4v) is 3.10. The summed E-state index contributed by atoms with van der Waals surface area (Å²) in [7, 11) is 0. The van der Waals surface area contributed by atoms with Crippen molar-refractivity contribution in [2.75, 3.05) is 57.4 Å². The first-order chi connectivity index (χ1) is 10.3. The van der Waals surface area contributed by atoms with Crippen molar-refractivity contribution in [1.82, 2.24) is 14.9 Å². The number of aromatic nitrogens is 2. The minimum Gasteiger partial charge on any atom is -0.396 e. The molecule has 0 bridgehead atoms. The molecule has 2 fully saturated rings. The molecule has 6 nitrogen and oxygen atoms in total. The van der Waals surface area contributed by atoms with Crippen LogP contribution in [0.3, 0.4) is 0 Å². The molecule has 0 spiro atoms. The molecule has 7 heteroatoms. The summed E-state index contributed by atoms with van der Waals surface area (Å²) in [6.45, 7) is 6.08. The molecule has 0 unspecified atom stereocenters. The molecule has 2 atom stereocenters. The van der Waals surface area contributed by atoms with Crippen LogP contribution in [0.5, 0.6) is 0 Å². The highest BCUT2D eigenvalue weighted by atomic mass is 19.1. The highest BCUT2D eigenvalue weighted by molar-refractivity contribution is 5.31. The lowest BCUT2D eigenvalue weighted by Gasteiger charge is -2.30. The van der Waals surface area contributed by atoms with E-state index in [2.05, 4.69) is 14.9 Å². The van der Waals surface area contributed by atoms with Crippen molar-refractivity contribution in [3.63, 3.8) is 0 Å². The maximum atomic E-state index is 12.9. The zero-order chi connectivity index (χ0) is 14.7. The standard InChI is InChI=1S/C14H21FN4O2/c15-13-5-16-14(17-6-13)19-8-11(12(9-19)10-20)7-18-1-3-21-4-2-18/h5-6,11-12,20H,1-4,7-10H2/t11-,12-/m0/s1. The van der Waals surface area contributed by atoms with Crippen LogP contribution in [0.2, 0.25) is 0 Å². The number of hydrogen-bond donors (Lipinski definition) is 1. The first-order valence-electron chi connectivity index (χ1n) is 7.39. The average Bonchev–Trinajstić information content (AvgIpc) is 2.92. The quantitative estimate of drug-likeness (QED) is 0.843. The number of halogens is 1. The number of hydrogen-bond acceptors (Lipinski definition) is 6. The summed E-state index contributed by atoms with van der Waals surface area (Å²) < 4.78 is 18.3. The molecule has 116 valence electrons. The summed E-state index contributed by atoms with van der Waals surface area (Å²) in [6.07, 6.45) is 2.37. The first-order valence-corrected chi connectivity index (χ1v) is 7.39. The second-order valence-electron chi connectivity index (χ2n) is 5.72. The molecule has 0 saturated carbocycles. The molecule has 1 N–H and O–H groups in total. The molecule has 3 heterocycles. The summed E-state index contributed by atoms with van der Waals surface area (Å²) in [6, 6.07) is 0. The van der Waals surface area contributed by atoms with Crippen LogP contribution in [0.25, 0.3) is 0 Å². The monoisotopic (exact) mass is 296 g/mol. The van der Waals surface area contributed by atoms with Gasteiger partial charge in [-0.1, -0.05) is 0 Å². The topological polar surface area (TPSA) is 61.7 Å². The predicted octanol–water partition coefficient (Wildman–Crippen LogP) is -0.00740. The molecule has 0 amide bonds. The second-order valence-corrected chi connectivity index (χ2v) is 5.72. The van der Waals surface area contributed by atoms with Gasteiger partial charge in [0.1, 0.15) is 0 Å². The van der Waals surface area contributed by atoms with Crippen LogP contribution in [0, 0.1) is 17.7 Å². The Bertz CT molecular complexity index is 453. The Labute approximate surface area is 123 Å². The summed E-state index contributed by atoms with van der Waals surface area (Å²) in [5.41, 5.74) is 0. The minimum absolute atomic E-state index is 0.159. The fraction of sp³-hybridized carbons (Fsp3) is 0.714. The van der Waals surface area contributed by atoms with Crippen molar-refractivity contribution in [1.29, 1.82) is 0 Å². The van der Waals surface area contributed by atoms with Gasteiger partial charge in [0.15, 0.2) is 5.82 Å². The third kappa shape index (κ3) is 3.48. The summed E-state index contributed by atoms with van der Waals surface area (Å²) in [4.78, 5) is 12.5. The van der Waals surface area contributed by atoms with Gasteiger partial charge in [0.05, 0.1) is 25.6 Å². The molecule has 0 aromatic carbocycles. The molecule has 2 saturated heterocycles. The Balaban J connectivity index is 1.63. The molecule has 0 aliphatic carbocycles. The number of ether oxygens (including phenoxy) is 1. The fourth-order valence-electron chi connectivity index (χ4n) is 3.10. The predicted molar refractivity (Wildman–Crippen MR) is 75.5 cm³/mol. The smallest absolute Gasteiger partial charge is 0.225 e. The number of anilines is 1. The number of nitrogens with zero attached hydrogens (tertiary/aromatic N) is 4. The van der Waals surface area contributed by atoms with Crippen LogP contribution in [0.4, 0.5) is 10.3 Å². The Morgan fingerprint density at radius 1 is 1.19 bits per heavy atom. The van der Waals surface area contributed by atoms with Gasteiger partial charge in [0.2, 0.25) is 5.95 Å². The van der Waals surface area contributed by atoms with Gasteiger partial charge in [0, 0.05) is 45.2 Å². The SMILES string of the molecule is OC[C@@H]1CN(c2ncc(F)cn2)C[C@@H]1CN1CCOCC1.